The number of piperidine rings is 1. The topological polar surface area (TPSA) is 53.0 Å². The Morgan fingerprint density at radius 2 is 2.00 bits per heavy atom. The standard InChI is InChI=1S/C14H19N3/c15-8-5-12-6-9-17(10-7-12)14-4-2-1-3-13(14)11-16/h1-4,12H,5-10,15H2. The highest BCUT2D eigenvalue weighted by molar-refractivity contribution is 5.59. The second kappa shape index (κ2) is 5.70. The smallest absolute Gasteiger partial charge is 0.101 e. The normalized spacial score (nSPS) is 16.8. The molecule has 1 saturated heterocycles. The summed E-state index contributed by atoms with van der Waals surface area (Å²) in [5.74, 6) is 0.769. The van der Waals surface area contributed by atoms with Crippen LogP contribution in [0.15, 0.2) is 24.3 Å². The van der Waals surface area contributed by atoms with E-state index in [2.05, 4.69) is 11.0 Å². The Hall–Kier alpha value is -1.53. The molecule has 1 aliphatic rings. The molecule has 17 heavy (non-hydrogen) atoms. The van der Waals surface area contributed by atoms with Crippen molar-refractivity contribution in [2.24, 2.45) is 11.7 Å². The summed E-state index contributed by atoms with van der Waals surface area (Å²) in [6.07, 6.45) is 3.52. The van der Waals surface area contributed by atoms with Gasteiger partial charge in [0.25, 0.3) is 0 Å². The lowest BCUT2D eigenvalue weighted by Gasteiger charge is -2.34. The molecule has 0 spiro atoms. The number of hydrogen-bond acceptors (Lipinski definition) is 3. The van der Waals surface area contributed by atoms with Crippen molar-refractivity contribution < 1.29 is 0 Å². The molecule has 2 N–H and O–H groups in total. The Bertz CT molecular complexity index is 400. The van der Waals surface area contributed by atoms with Crippen LogP contribution in [-0.2, 0) is 0 Å². The molecule has 1 aromatic carbocycles. The molecular weight excluding hydrogens is 210 g/mol. The minimum atomic E-state index is 0.769. The summed E-state index contributed by atoms with van der Waals surface area (Å²) in [5, 5.41) is 9.09. The van der Waals surface area contributed by atoms with Gasteiger partial charge < -0.3 is 10.6 Å². The van der Waals surface area contributed by atoms with Gasteiger partial charge in [0, 0.05) is 13.1 Å². The average molecular weight is 229 g/mol. The Balaban J connectivity index is 2.03. The van der Waals surface area contributed by atoms with E-state index in [0.29, 0.717) is 0 Å². The summed E-state index contributed by atoms with van der Waals surface area (Å²) in [4.78, 5) is 2.32. The van der Waals surface area contributed by atoms with E-state index in [1.54, 1.807) is 0 Å². The maximum absolute atomic E-state index is 9.09. The van der Waals surface area contributed by atoms with Crippen molar-refractivity contribution in [1.29, 1.82) is 5.26 Å². The predicted molar refractivity (Wildman–Crippen MR) is 69.8 cm³/mol. The summed E-state index contributed by atoms with van der Waals surface area (Å²) < 4.78 is 0. The number of benzene rings is 1. The van der Waals surface area contributed by atoms with Gasteiger partial charge >= 0.3 is 0 Å². The lowest BCUT2D eigenvalue weighted by Crippen LogP contribution is -2.34. The van der Waals surface area contributed by atoms with Gasteiger partial charge in [0.1, 0.15) is 6.07 Å². The number of para-hydroxylation sites is 1. The van der Waals surface area contributed by atoms with Crippen molar-refractivity contribution >= 4 is 5.69 Å². The highest BCUT2D eigenvalue weighted by Crippen LogP contribution is 2.26. The molecule has 0 radical (unpaired) electrons. The molecule has 3 heteroatoms. The zero-order valence-electron chi connectivity index (χ0n) is 10.1. The summed E-state index contributed by atoms with van der Waals surface area (Å²) in [7, 11) is 0. The predicted octanol–water partition coefficient (Wildman–Crippen LogP) is 2.12. The van der Waals surface area contributed by atoms with Crippen molar-refractivity contribution in [1.82, 2.24) is 0 Å². The Morgan fingerprint density at radius 3 is 2.65 bits per heavy atom. The van der Waals surface area contributed by atoms with E-state index in [1.165, 1.54) is 12.8 Å². The number of nitriles is 1. The van der Waals surface area contributed by atoms with Gasteiger partial charge in [-0.25, -0.2) is 0 Å². The Morgan fingerprint density at radius 1 is 1.29 bits per heavy atom. The maximum Gasteiger partial charge on any atom is 0.101 e. The molecule has 0 saturated carbocycles. The molecular formula is C14H19N3. The molecule has 0 amide bonds. The minimum absolute atomic E-state index is 0.769. The number of hydrogen-bond donors (Lipinski definition) is 1. The molecule has 90 valence electrons. The van der Waals surface area contributed by atoms with E-state index in [1.807, 2.05) is 24.3 Å². The fraction of sp³-hybridized carbons (Fsp3) is 0.500. The highest BCUT2D eigenvalue weighted by Gasteiger charge is 2.20. The molecule has 3 nitrogen and oxygen atoms in total. The second-order valence-electron chi connectivity index (χ2n) is 4.64. The third-order valence-corrected chi connectivity index (χ3v) is 3.55. The summed E-state index contributed by atoms with van der Waals surface area (Å²) in [5.41, 5.74) is 7.46. The SMILES string of the molecule is N#Cc1ccccc1N1CCC(CCN)CC1. The van der Waals surface area contributed by atoms with E-state index < -0.39 is 0 Å². The van der Waals surface area contributed by atoms with Gasteiger partial charge in [0.05, 0.1) is 11.3 Å². The number of nitrogens with zero attached hydrogens (tertiary/aromatic N) is 2. The van der Waals surface area contributed by atoms with Gasteiger partial charge in [-0.05, 0) is 43.9 Å². The second-order valence-corrected chi connectivity index (χ2v) is 4.64. The van der Waals surface area contributed by atoms with Gasteiger partial charge in [-0.3, -0.25) is 0 Å². The van der Waals surface area contributed by atoms with E-state index >= 15 is 0 Å². The van der Waals surface area contributed by atoms with Gasteiger partial charge in [-0.15, -0.1) is 0 Å². The van der Waals surface area contributed by atoms with Crippen molar-refractivity contribution in [3.8, 4) is 6.07 Å². The minimum Gasteiger partial charge on any atom is -0.370 e. The zero-order valence-corrected chi connectivity index (χ0v) is 10.1. The lowest BCUT2D eigenvalue weighted by molar-refractivity contribution is 0.386. The molecule has 0 aliphatic carbocycles. The third kappa shape index (κ3) is 2.78. The Labute approximate surface area is 103 Å². The third-order valence-electron chi connectivity index (χ3n) is 3.55. The van der Waals surface area contributed by atoms with Crippen LogP contribution in [0.5, 0.6) is 0 Å². The van der Waals surface area contributed by atoms with E-state index in [-0.39, 0.29) is 0 Å². The summed E-state index contributed by atoms with van der Waals surface area (Å²) in [6, 6.07) is 10.1. The summed E-state index contributed by atoms with van der Waals surface area (Å²) in [6.45, 7) is 2.88. The van der Waals surface area contributed by atoms with Crippen LogP contribution in [0.4, 0.5) is 5.69 Å². The molecule has 1 heterocycles. The van der Waals surface area contributed by atoms with E-state index in [0.717, 1.165) is 43.2 Å². The van der Waals surface area contributed by atoms with Crippen LogP contribution in [0.2, 0.25) is 0 Å². The first-order valence-corrected chi connectivity index (χ1v) is 6.29. The van der Waals surface area contributed by atoms with Crippen molar-refractivity contribution in [3.05, 3.63) is 29.8 Å². The molecule has 0 aromatic heterocycles. The van der Waals surface area contributed by atoms with Crippen molar-refractivity contribution in [2.75, 3.05) is 24.5 Å². The number of nitrogens with two attached hydrogens (primary N) is 1. The largest absolute Gasteiger partial charge is 0.370 e. The van der Waals surface area contributed by atoms with Crippen LogP contribution in [0.1, 0.15) is 24.8 Å². The van der Waals surface area contributed by atoms with Crippen molar-refractivity contribution in [3.63, 3.8) is 0 Å². The van der Waals surface area contributed by atoms with Crippen LogP contribution in [0.3, 0.4) is 0 Å². The van der Waals surface area contributed by atoms with E-state index in [9.17, 15) is 0 Å². The molecule has 2 rings (SSSR count). The number of anilines is 1. The van der Waals surface area contributed by atoms with Crippen LogP contribution < -0.4 is 10.6 Å². The molecule has 1 aliphatic heterocycles. The quantitative estimate of drug-likeness (QED) is 0.863. The van der Waals surface area contributed by atoms with Gasteiger partial charge in [0.2, 0.25) is 0 Å². The molecule has 0 atom stereocenters. The van der Waals surface area contributed by atoms with Crippen LogP contribution in [0, 0.1) is 17.2 Å². The molecule has 1 aromatic rings. The van der Waals surface area contributed by atoms with Crippen molar-refractivity contribution in [2.45, 2.75) is 19.3 Å². The van der Waals surface area contributed by atoms with Crippen LogP contribution in [-0.4, -0.2) is 19.6 Å². The van der Waals surface area contributed by atoms with Gasteiger partial charge in [-0.2, -0.15) is 5.26 Å². The first kappa shape index (κ1) is 11.9. The molecule has 0 bridgehead atoms. The molecule has 0 unspecified atom stereocenters. The highest BCUT2D eigenvalue weighted by atomic mass is 15.1. The number of rotatable bonds is 3. The first-order chi connectivity index (χ1) is 8.35. The average Bonchev–Trinajstić information content (AvgIpc) is 2.40. The van der Waals surface area contributed by atoms with Crippen LogP contribution >= 0.6 is 0 Å². The zero-order chi connectivity index (χ0) is 12.1. The first-order valence-electron chi connectivity index (χ1n) is 6.29. The Kier molecular flexibility index (Phi) is 4.00. The lowest BCUT2D eigenvalue weighted by atomic mass is 9.93. The monoisotopic (exact) mass is 229 g/mol. The maximum atomic E-state index is 9.09. The fourth-order valence-corrected chi connectivity index (χ4v) is 2.54. The summed E-state index contributed by atoms with van der Waals surface area (Å²) >= 11 is 0. The van der Waals surface area contributed by atoms with Crippen LogP contribution in [0.25, 0.3) is 0 Å². The van der Waals surface area contributed by atoms with E-state index in [4.69, 9.17) is 11.0 Å². The van der Waals surface area contributed by atoms with Gasteiger partial charge in [0.15, 0.2) is 0 Å². The molecule has 1 fully saturated rings. The fourth-order valence-electron chi connectivity index (χ4n) is 2.54. The van der Waals surface area contributed by atoms with Gasteiger partial charge in [-0.1, -0.05) is 12.1 Å².